The average molecular weight is 229 g/mol. The topological polar surface area (TPSA) is 75.6 Å². The molecule has 1 aliphatic carbocycles. The molecule has 1 amide bonds. The standard InChI is InChI=1S/C11H19NO4/c1-16-7-10(13)12-6-8-4-2-3-5-9(8)11(14)15/h8-9H,2-7H2,1H3,(H,12,13)(H,14,15)/t8-,9-/m0/s1. The smallest absolute Gasteiger partial charge is 0.306 e. The Balaban J connectivity index is 2.38. The first kappa shape index (κ1) is 13.0. The molecule has 2 N–H and O–H groups in total. The van der Waals surface area contributed by atoms with Crippen LogP contribution >= 0.6 is 0 Å². The van der Waals surface area contributed by atoms with Crippen LogP contribution in [0.3, 0.4) is 0 Å². The predicted octanol–water partition coefficient (Wildman–Crippen LogP) is 0.640. The number of carboxylic acid groups (broad SMARTS) is 1. The van der Waals surface area contributed by atoms with Crippen molar-refractivity contribution < 1.29 is 19.4 Å². The van der Waals surface area contributed by atoms with Crippen molar-refractivity contribution in [1.29, 1.82) is 0 Å². The van der Waals surface area contributed by atoms with Crippen molar-refractivity contribution in [3.63, 3.8) is 0 Å². The molecule has 0 saturated heterocycles. The number of nitrogens with one attached hydrogen (secondary N) is 1. The second-order valence-electron chi connectivity index (χ2n) is 4.23. The van der Waals surface area contributed by atoms with Gasteiger partial charge in [0.1, 0.15) is 6.61 Å². The molecular formula is C11H19NO4. The number of hydrogen-bond acceptors (Lipinski definition) is 3. The van der Waals surface area contributed by atoms with Gasteiger partial charge in [-0.3, -0.25) is 9.59 Å². The van der Waals surface area contributed by atoms with E-state index in [1.807, 2.05) is 0 Å². The second-order valence-corrected chi connectivity index (χ2v) is 4.23. The molecule has 0 aromatic rings. The van der Waals surface area contributed by atoms with Crippen LogP contribution < -0.4 is 5.32 Å². The summed E-state index contributed by atoms with van der Waals surface area (Å²) in [6, 6.07) is 0. The zero-order chi connectivity index (χ0) is 12.0. The molecule has 0 aliphatic heterocycles. The summed E-state index contributed by atoms with van der Waals surface area (Å²) in [6.45, 7) is 0.476. The van der Waals surface area contributed by atoms with Gasteiger partial charge in [0.05, 0.1) is 5.92 Å². The third-order valence-electron chi connectivity index (χ3n) is 3.06. The van der Waals surface area contributed by atoms with Crippen LogP contribution in [-0.4, -0.2) is 37.2 Å². The Morgan fingerprint density at radius 1 is 1.38 bits per heavy atom. The minimum absolute atomic E-state index is 0.0322. The Hall–Kier alpha value is -1.10. The van der Waals surface area contributed by atoms with Gasteiger partial charge in [0.15, 0.2) is 0 Å². The summed E-state index contributed by atoms with van der Waals surface area (Å²) in [5, 5.41) is 11.8. The highest BCUT2D eigenvalue weighted by Gasteiger charge is 2.30. The lowest BCUT2D eigenvalue weighted by atomic mass is 9.79. The number of amides is 1. The van der Waals surface area contributed by atoms with Crippen LogP contribution in [0.4, 0.5) is 0 Å². The summed E-state index contributed by atoms with van der Waals surface area (Å²) in [7, 11) is 1.46. The third kappa shape index (κ3) is 3.81. The van der Waals surface area contributed by atoms with Crippen LogP contribution in [0, 0.1) is 11.8 Å². The number of aliphatic carboxylic acids is 1. The highest BCUT2D eigenvalue weighted by molar-refractivity contribution is 5.77. The van der Waals surface area contributed by atoms with E-state index in [9.17, 15) is 9.59 Å². The summed E-state index contributed by atoms with van der Waals surface area (Å²) in [6.07, 6.45) is 3.62. The molecule has 1 saturated carbocycles. The Morgan fingerprint density at radius 2 is 2.06 bits per heavy atom. The zero-order valence-corrected chi connectivity index (χ0v) is 9.57. The van der Waals surface area contributed by atoms with Gasteiger partial charge in [-0.1, -0.05) is 12.8 Å². The summed E-state index contributed by atoms with van der Waals surface area (Å²) in [5.74, 6) is -1.17. The maximum atomic E-state index is 11.2. The fourth-order valence-electron chi connectivity index (χ4n) is 2.20. The molecule has 0 heterocycles. The normalized spacial score (nSPS) is 25.1. The monoisotopic (exact) mass is 229 g/mol. The van der Waals surface area contributed by atoms with Gasteiger partial charge in [-0.05, 0) is 18.8 Å². The maximum Gasteiger partial charge on any atom is 0.306 e. The van der Waals surface area contributed by atoms with E-state index >= 15 is 0 Å². The molecule has 92 valence electrons. The van der Waals surface area contributed by atoms with E-state index in [2.05, 4.69) is 10.1 Å². The van der Waals surface area contributed by atoms with Crippen molar-refractivity contribution in [2.75, 3.05) is 20.3 Å². The SMILES string of the molecule is COCC(=O)NC[C@@H]1CCCC[C@@H]1C(=O)O. The molecule has 1 rings (SSSR count). The largest absolute Gasteiger partial charge is 0.481 e. The van der Waals surface area contributed by atoms with E-state index in [1.54, 1.807) is 0 Å². The minimum Gasteiger partial charge on any atom is -0.481 e. The number of methoxy groups -OCH3 is 1. The zero-order valence-electron chi connectivity index (χ0n) is 9.57. The molecule has 5 nitrogen and oxygen atoms in total. The molecule has 5 heteroatoms. The molecule has 0 spiro atoms. The molecule has 0 bridgehead atoms. The van der Waals surface area contributed by atoms with Crippen molar-refractivity contribution in [2.45, 2.75) is 25.7 Å². The van der Waals surface area contributed by atoms with Crippen molar-refractivity contribution in [2.24, 2.45) is 11.8 Å². The van der Waals surface area contributed by atoms with Crippen molar-refractivity contribution in [1.82, 2.24) is 5.32 Å². The maximum absolute atomic E-state index is 11.2. The minimum atomic E-state index is -0.745. The highest BCUT2D eigenvalue weighted by Crippen LogP contribution is 2.29. The van der Waals surface area contributed by atoms with E-state index in [1.165, 1.54) is 7.11 Å². The molecule has 0 aromatic carbocycles. The van der Waals surface area contributed by atoms with Gasteiger partial charge in [-0.15, -0.1) is 0 Å². The van der Waals surface area contributed by atoms with Gasteiger partial charge < -0.3 is 15.2 Å². The van der Waals surface area contributed by atoms with Crippen LogP contribution in [0.25, 0.3) is 0 Å². The highest BCUT2D eigenvalue weighted by atomic mass is 16.5. The van der Waals surface area contributed by atoms with Crippen molar-refractivity contribution in [3.8, 4) is 0 Å². The van der Waals surface area contributed by atoms with Gasteiger partial charge >= 0.3 is 5.97 Å². The summed E-state index contributed by atoms with van der Waals surface area (Å²) in [5.41, 5.74) is 0. The lowest BCUT2D eigenvalue weighted by molar-refractivity contribution is -0.145. The van der Waals surface area contributed by atoms with Gasteiger partial charge in [0.25, 0.3) is 0 Å². The first-order valence-corrected chi connectivity index (χ1v) is 5.63. The van der Waals surface area contributed by atoms with Crippen molar-refractivity contribution in [3.05, 3.63) is 0 Å². The number of carbonyl (C=O) groups is 2. The lowest BCUT2D eigenvalue weighted by Gasteiger charge is -2.28. The van der Waals surface area contributed by atoms with Gasteiger partial charge in [-0.25, -0.2) is 0 Å². The van der Waals surface area contributed by atoms with E-state index in [-0.39, 0.29) is 24.3 Å². The van der Waals surface area contributed by atoms with E-state index in [4.69, 9.17) is 5.11 Å². The van der Waals surface area contributed by atoms with Crippen molar-refractivity contribution >= 4 is 11.9 Å². The Labute approximate surface area is 95.2 Å². The van der Waals surface area contributed by atoms with Gasteiger partial charge in [-0.2, -0.15) is 0 Å². The number of rotatable bonds is 5. The first-order valence-electron chi connectivity index (χ1n) is 5.63. The van der Waals surface area contributed by atoms with Gasteiger partial charge in [0.2, 0.25) is 5.91 Å². The summed E-state index contributed by atoms with van der Waals surface area (Å²) < 4.78 is 4.69. The molecule has 1 aliphatic rings. The second kappa shape index (κ2) is 6.48. The molecule has 2 atom stereocenters. The lowest BCUT2D eigenvalue weighted by Crippen LogP contribution is -2.38. The molecular weight excluding hydrogens is 210 g/mol. The number of ether oxygens (including phenoxy) is 1. The summed E-state index contributed by atoms with van der Waals surface area (Å²) in [4.78, 5) is 22.2. The quantitative estimate of drug-likeness (QED) is 0.725. The van der Waals surface area contributed by atoms with Crippen LogP contribution in [0.2, 0.25) is 0 Å². The molecule has 1 fully saturated rings. The fourth-order valence-corrected chi connectivity index (χ4v) is 2.20. The number of hydrogen-bond donors (Lipinski definition) is 2. The van der Waals surface area contributed by atoms with E-state index in [0.717, 1.165) is 25.7 Å². The van der Waals surface area contributed by atoms with Crippen LogP contribution in [0.5, 0.6) is 0 Å². The van der Waals surface area contributed by atoms with Gasteiger partial charge in [0, 0.05) is 13.7 Å². The molecule has 16 heavy (non-hydrogen) atoms. The third-order valence-corrected chi connectivity index (χ3v) is 3.06. The van der Waals surface area contributed by atoms with E-state index in [0.29, 0.717) is 6.54 Å². The fraction of sp³-hybridized carbons (Fsp3) is 0.818. The van der Waals surface area contributed by atoms with Crippen LogP contribution in [-0.2, 0) is 14.3 Å². The molecule has 0 unspecified atom stereocenters. The average Bonchev–Trinajstić information content (AvgIpc) is 2.27. The number of carbonyl (C=O) groups excluding carboxylic acids is 1. The summed E-state index contributed by atoms with van der Waals surface area (Å²) >= 11 is 0. The molecule has 0 aromatic heterocycles. The number of carboxylic acids is 1. The van der Waals surface area contributed by atoms with Crippen LogP contribution in [0.15, 0.2) is 0 Å². The predicted molar refractivity (Wildman–Crippen MR) is 58.0 cm³/mol. The Morgan fingerprint density at radius 3 is 2.69 bits per heavy atom. The molecule has 0 radical (unpaired) electrons. The van der Waals surface area contributed by atoms with E-state index < -0.39 is 5.97 Å². The van der Waals surface area contributed by atoms with Crippen LogP contribution in [0.1, 0.15) is 25.7 Å². The Kier molecular flexibility index (Phi) is 5.25. The first-order chi connectivity index (χ1) is 7.65. The Bertz CT molecular complexity index is 254.